The van der Waals surface area contributed by atoms with Gasteiger partial charge in [-0.15, -0.1) is 0 Å². The Morgan fingerprint density at radius 1 is 1.28 bits per heavy atom. The number of ketones is 1. The van der Waals surface area contributed by atoms with Crippen LogP contribution in [-0.2, 0) is 11.2 Å². The van der Waals surface area contributed by atoms with Gasteiger partial charge in [0.2, 0.25) is 0 Å². The highest BCUT2D eigenvalue weighted by atomic mass is 16.1. The highest BCUT2D eigenvalue weighted by Gasteiger charge is 2.07. The Morgan fingerprint density at radius 2 is 2.00 bits per heavy atom. The minimum Gasteiger partial charge on any atom is -0.295 e. The monoisotopic (exact) mass is 237 g/mol. The molecule has 0 amide bonds. The Balaban J connectivity index is 2.41. The Labute approximate surface area is 107 Å². The number of aromatic nitrogens is 1. The Hall–Kier alpha value is -2.22. The second-order valence-electron chi connectivity index (χ2n) is 4.25. The fraction of sp³-hybridized carbons (Fsp3) is 0.125. The fourth-order valence-electron chi connectivity index (χ4n) is 1.84. The number of carbonyl (C=O) groups is 1. The Morgan fingerprint density at radius 3 is 2.67 bits per heavy atom. The van der Waals surface area contributed by atoms with Gasteiger partial charge in [0.25, 0.3) is 0 Å². The van der Waals surface area contributed by atoms with Crippen molar-refractivity contribution in [1.82, 2.24) is 4.98 Å². The molecule has 1 aromatic heterocycles. The molecule has 2 aromatic rings. The van der Waals surface area contributed by atoms with Gasteiger partial charge >= 0.3 is 0 Å². The second kappa shape index (κ2) is 5.41. The van der Waals surface area contributed by atoms with E-state index in [1.165, 1.54) is 11.6 Å². The maximum Gasteiger partial charge on any atom is 0.159 e. The van der Waals surface area contributed by atoms with E-state index >= 15 is 0 Å². The molecule has 0 aliphatic heterocycles. The molecule has 0 unspecified atom stereocenters. The van der Waals surface area contributed by atoms with Crippen LogP contribution in [0.1, 0.15) is 11.1 Å². The summed E-state index contributed by atoms with van der Waals surface area (Å²) in [6, 6.07) is 10.2. The highest BCUT2D eigenvalue weighted by molar-refractivity contribution is 5.92. The molecule has 0 bridgehead atoms. The fourth-order valence-corrected chi connectivity index (χ4v) is 1.84. The van der Waals surface area contributed by atoms with Crippen LogP contribution >= 0.6 is 0 Å². The van der Waals surface area contributed by atoms with Gasteiger partial charge in [-0.05, 0) is 35.8 Å². The van der Waals surface area contributed by atoms with Crippen molar-refractivity contribution >= 4 is 5.78 Å². The van der Waals surface area contributed by atoms with Crippen molar-refractivity contribution < 1.29 is 4.79 Å². The summed E-state index contributed by atoms with van der Waals surface area (Å²) < 4.78 is 0. The van der Waals surface area contributed by atoms with Crippen molar-refractivity contribution in [2.45, 2.75) is 13.3 Å². The molecular formula is C16H15NO. The highest BCUT2D eigenvalue weighted by Crippen LogP contribution is 2.23. The number of rotatable bonds is 4. The number of hydrogen-bond acceptors (Lipinski definition) is 2. The summed E-state index contributed by atoms with van der Waals surface area (Å²) in [6.07, 6.45) is 5.19. The van der Waals surface area contributed by atoms with Crippen molar-refractivity contribution in [3.05, 3.63) is 66.5 Å². The molecule has 0 fully saturated rings. The molecule has 1 aromatic carbocycles. The molecule has 0 saturated heterocycles. The van der Waals surface area contributed by atoms with Gasteiger partial charge in [-0.3, -0.25) is 9.78 Å². The predicted molar refractivity (Wildman–Crippen MR) is 73.3 cm³/mol. The first kappa shape index (κ1) is 12.2. The first-order chi connectivity index (χ1) is 8.70. The lowest BCUT2D eigenvalue weighted by atomic mass is 9.98. The summed E-state index contributed by atoms with van der Waals surface area (Å²) in [4.78, 5) is 15.6. The predicted octanol–water partition coefficient (Wildman–Crippen LogP) is 3.35. The van der Waals surface area contributed by atoms with Gasteiger partial charge in [-0.2, -0.15) is 0 Å². The molecule has 1 heterocycles. The van der Waals surface area contributed by atoms with Gasteiger partial charge in [0, 0.05) is 18.8 Å². The van der Waals surface area contributed by atoms with Crippen LogP contribution in [0.3, 0.4) is 0 Å². The lowest BCUT2D eigenvalue weighted by molar-refractivity contribution is -0.114. The van der Waals surface area contributed by atoms with Crippen LogP contribution in [-0.4, -0.2) is 10.8 Å². The third-order valence-electron chi connectivity index (χ3n) is 2.86. The summed E-state index contributed by atoms with van der Waals surface area (Å²) in [6.45, 7) is 5.55. The van der Waals surface area contributed by atoms with E-state index < -0.39 is 0 Å². The largest absolute Gasteiger partial charge is 0.295 e. The number of benzene rings is 1. The van der Waals surface area contributed by atoms with Crippen LogP contribution < -0.4 is 0 Å². The molecule has 0 radical (unpaired) electrons. The smallest absolute Gasteiger partial charge is 0.159 e. The molecule has 18 heavy (non-hydrogen) atoms. The van der Waals surface area contributed by atoms with Gasteiger partial charge in [-0.1, -0.05) is 36.4 Å². The molecule has 0 aliphatic carbocycles. The van der Waals surface area contributed by atoms with Crippen LogP contribution in [0.2, 0.25) is 0 Å². The second-order valence-corrected chi connectivity index (χ2v) is 4.25. The van der Waals surface area contributed by atoms with Gasteiger partial charge in [0.1, 0.15) is 0 Å². The van der Waals surface area contributed by atoms with E-state index in [9.17, 15) is 4.79 Å². The molecular weight excluding hydrogens is 222 g/mol. The van der Waals surface area contributed by atoms with Crippen LogP contribution in [0.4, 0.5) is 0 Å². The average Bonchev–Trinajstić information content (AvgIpc) is 2.40. The van der Waals surface area contributed by atoms with E-state index in [1.54, 1.807) is 12.4 Å². The van der Waals surface area contributed by atoms with E-state index in [1.807, 2.05) is 6.07 Å². The summed E-state index contributed by atoms with van der Waals surface area (Å²) in [7, 11) is 0. The quantitative estimate of drug-likeness (QED) is 0.763. The van der Waals surface area contributed by atoms with Crippen LogP contribution in [0.15, 0.2) is 55.4 Å². The first-order valence-corrected chi connectivity index (χ1v) is 5.86. The molecule has 2 heteroatoms. The number of hydrogen-bond donors (Lipinski definition) is 0. The zero-order valence-electron chi connectivity index (χ0n) is 10.4. The average molecular weight is 237 g/mol. The van der Waals surface area contributed by atoms with E-state index in [4.69, 9.17) is 0 Å². The van der Waals surface area contributed by atoms with Crippen molar-refractivity contribution in [2.24, 2.45) is 0 Å². The van der Waals surface area contributed by atoms with Crippen molar-refractivity contribution in [3.63, 3.8) is 0 Å². The third-order valence-corrected chi connectivity index (χ3v) is 2.86. The van der Waals surface area contributed by atoms with Gasteiger partial charge in [0.05, 0.1) is 0 Å². The van der Waals surface area contributed by atoms with Crippen LogP contribution in [0, 0.1) is 6.92 Å². The maximum atomic E-state index is 11.5. The van der Waals surface area contributed by atoms with Crippen LogP contribution in [0.25, 0.3) is 11.1 Å². The van der Waals surface area contributed by atoms with Crippen molar-refractivity contribution in [3.8, 4) is 11.1 Å². The normalized spacial score (nSPS) is 10.1. The number of nitrogens with zero attached hydrogens (tertiary/aromatic N) is 1. The Kier molecular flexibility index (Phi) is 3.68. The van der Waals surface area contributed by atoms with Gasteiger partial charge in [0.15, 0.2) is 5.78 Å². The minimum atomic E-state index is 0.0105. The summed E-state index contributed by atoms with van der Waals surface area (Å²) >= 11 is 0. The van der Waals surface area contributed by atoms with Crippen LogP contribution in [0.5, 0.6) is 0 Å². The van der Waals surface area contributed by atoms with Crippen molar-refractivity contribution in [2.75, 3.05) is 0 Å². The minimum absolute atomic E-state index is 0.0105. The number of aryl methyl sites for hydroxylation is 1. The summed E-state index contributed by atoms with van der Waals surface area (Å²) in [5.74, 6) is 0.0105. The number of allylic oxidation sites excluding steroid dienone is 1. The van der Waals surface area contributed by atoms with E-state index in [-0.39, 0.29) is 5.78 Å². The maximum absolute atomic E-state index is 11.5. The third kappa shape index (κ3) is 2.72. The summed E-state index contributed by atoms with van der Waals surface area (Å²) in [5, 5.41) is 0. The Bertz CT molecular complexity index is 570. The molecule has 2 nitrogen and oxygen atoms in total. The van der Waals surface area contributed by atoms with E-state index in [0.717, 1.165) is 16.7 Å². The van der Waals surface area contributed by atoms with Gasteiger partial charge in [-0.25, -0.2) is 0 Å². The SMILES string of the molecule is C=CC(=O)Cc1cnccc1-c1ccc(C)cc1. The van der Waals surface area contributed by atoms with Crippen molar-refractivity contribution in [1.29, 1.82) is 0 Å². The topological polar surface area (TPSA) is 30.0 Å². The van der Waals surface area contributed by atoms with E-state index in [0.29, 0.717) is 6.42 Å². The lowest BCUT2D eigenvalue weighted by Gasteiger charge is -2.08. The number of carbonyl (C=O) groups excluding carboxylic acids is 1. The van der Waals surface area contributed by atoms with Gasteiger partial charge < -0.3 is 0 Å². The molecule has 0 N–H and O–H groups in total. The molecule has 0 aliphatic rings. The first-order valence-electron chi connectivity index (χ1n) is 5.86. The zero-order chi connectivity index (χ0) is 13.0. The molecule has 0 spiro atoms. The molecule has 0 atom stereocenters. The standard InChI is InChI=1S/C16H15NO/c1-3-15(18)10-14-11-17-9-8-16(14)13-6-4-12(2)5-7-13/h3-9,11H,1,10H2,2H3. The summed E-state index contributed by atoms with van der Waals surface area (Å²) in [5.41, 5.74) is 4.32. The molecule has 2 rings (SSSR count). The zero-order valence-corrected chi connectivity index (χ0v) is 10.4. The van der Waals surface area contributed by atoms with E-state index in [2.05, 4.69) is 42.8 Å². The molecule has 90 valence electrons. The molecule has 0 saturated carbocycles. The number of pyridine rings is 1. The lowest BCUT2D eigenvalue weighted by Crippen LogP contribution is -2.00.